The number of aliphatic imine (C=N–C) groups is 1. The molecule has 0 aliphatic carbocycles. The maximum atomic E-state index is 11.6. The maximum Gasteiger partial charge on any atom is 0.407 e. The normalized spacial score (nSPS) is 11.7. The van der Waals surface area contributed by atoms with Crippen molar-refractivity contribution < 1.29 is 9.53 Å². The van der Waals surface area contributed by atoms with Gasteiger partial charge in [-0.25, -0.2) is 4.79 Å². The topological polar surface area (TPSA) is 90.5 Å². The first-order valence-corrected chi connectivity index (χ1v) is 9.93. The number of fused-ring (bicyclic) bond motifs is 1. The van der Waals surface area contributed by atoms with E-state index >= 15 is 0 Å². The molecule has 0 spiro atoms. The lowest BCUT2D eigenvalue weighted by atomic mass is 10.1. The Bertz CT molecular complexity index is 783. The summed E-state index contributed by atoms with van der Waals surface area (Å²) in [5, 5.41) is 10.6. The van der Waals surface area contributed by atoms with Crippen molar-refractivity contribution in [2.75, 3.05) is 26.2 Å². The number of para-hydroxylation sites is 1. The van der Waals surface area contributed by atoms with E-state index in [2.05, 4.69) is 50.3 Å². The quantitative estimate of drug-likeness (QED) is 0.186. The second kappa shape index (κ2) is 12.6. The maximum absolute atomic E-state index is 11.6. The summed E-state index contributed by atoms with van der Waals surface area (Å²) >= 11 is 0. The first-order chi connectivity index (χ1) is 13.4. The Labute approximate surface area is 190 Å². The van der Waals surface area contributed by atoms with Gasteiger partial charge in [0.05, 0.1) is 0 Å². The summed E-state index contributed by atoms with van der Waals surface area (Å²) in [6.45, 7) is 10.3. The summed E-state index contributed by atoms with van der Waals surface area (Å²) in [6.07, 6.45) is 3.34. The molecule has 1 heterocycles. The molecule has 8 heteroatoms. The van der Waals surface area contributed by atoms with Gasteiger partial charge in [-0.05, 0) is 52.2 Å². The Hall–Kier alpha value is -1.97. The SMILES string of the molecule is CCNC(=NCCCNC(=O)OC(C)(C)C)NCCc1c[nH]c2ccccc12.I. The van der Waals surface area contributed by atoms with Gasteiger partial charge in [0.15, 0.2) is 5.96 Å². The van der Waals surface area contributed by atoms with Gasteiger partial charge in [-0.3, -0.25) is 4.99 Å². The summed E-state index contributed by atoms with van der Waals surface area (Å²) in [6, 6.07) is 8.32. The average molecular weight is 515 g/mol. The zero-order valence-corrected chi connectivity index (χ0v) is 20.1. The average Bonchev–Trinajstić information content (AvgIpc) is 3.03. The van der Waals surface area contributed by atoms with Gasteiger partial charge in [0.1, 0.15) is 5.60 Å². The molecule has 0 saturated heterocycles. The first-order valence-electron chi connectivity index (χ1n) is 9.93. The van der Waals surface area contributed by atoms with Crippen molar-refractivity contribution in [2.45, 2.75) is 46.1 Å². The molecule has 29 heavy (non-hydrogen) atoms. The predicted molar refractivity (Wildman–Crippen MR) is 130 cm³/mol. The van der Waals surface area contributed by atoms with Crippen LogP contribution in [0, 0.1) is 0 Å². The number of rotatable bonds is 8. The molecule has 4 N–H and O–H groups in total. The van der Waals surface area contributed by atoms with Crippen molar-refractivity contribution in [1.82, 2.24) is 20.9 Å². The standard InChI is InChI=1S/C21H33N5O2.HI/c1-5-22-19(23-12-8-13-25-20(27)28-21(2,3)4)24-14-11-16-15-26-18-10-7-6-9-17(16)18;/h6-7,9-10,15,26H,5,8,11-14H2,1-4H3,(H,25,27)(H2,22,23,24);1H. The fourth-order valence-electron chi connectivity index (χ4n) is 2.77. The second-order valence-electron chi connectivity index (χ2n) is 7.58. The van der Waals surface area contributed by atoms with Crippen LogP contribution in [0.4, 0.5) is 4.79 Å². The van der Waals surface area contributed by atoms with Crippen molar-refractivity contribution in [2.24, 2.45) is 4.99 Å². The van der Waals surface area contributed by atoms with Crippen LogP contribution < -0.4 is 16.0 Å². The highest BCUT2D eigenvalue weighted by atomic mass is 127. The first kappa shape index (κ1) is 25.1. The van der Waals surface area contributed by atoms with Gasteiger partial charge in [-0.1, -0.05) is 18.2 Å². The number of hydrogen-bond acceptors (Lipinski definition) is 3. The minimum atomic E-state index is -0.477. The Morgan fingerprint density at radius 2 is 1.90 bits per heavy atom. The van der Waals surface area contributed by atoms with E-state index < -0.39 is 5.60 Å². The highest BCUT2D eigenvalue weighted by Gasteiger charge is 2.15. The van der Waals surface area contributed by atoms with Gasteiger partial charge in [-0.15, -0.1) is 24.0 Å². The number of carbonyl (C=O) groups is 1. The summed E-state index contributed by atoms with van der Waals surface area (Å²) in [5.74, 6) is 0.791. The molecule has 0 radical (unpaired) electrons. The van der Waals surface area contributed by atoms with E-state index in [1.54, 1.807) is 0 Å². The lowest BCUT2D eigenvalue weighted by Gasteiger charge is -2.19. The molecule has 162 valence electrons. The number of nitrogens with one attached hydrogen (secondary N) is 4. The molecule has 0 bridgehead atoms. The van der Waals surface area contributed by atoms with Crippen molar-refractivity contribution >= 4 is 46.9 Å². The number of guanidine groups is 1. The molecular weight excluding hydrogens is 481 g/mol. The van der Waals surface area contributed by atoms with Gasteiger partial charge in [-0.2, -0.15) is 0 Å². The van der Waals surface area contributed by atoms with E-state index in [0.717, 1.165) is 37.4 Å². The highest BCUT2D eigenvalue weighted by Crippen LogP contribution is 2.17. The molecular formula is C21H34IN5O2. The number of carbonyl (C=O) groups excluding carboxylic acids is 1. The third kappa shape index (κ3) is 9.38. The van der Waals surface area contributed by atoms with Crippen LogP contribution in [0.15, 0.2) is 35.5 Å². The van der Waals surface area contributed by atoms with Gasteiger partial charge in [0.25, 0.3) is 0 Å². The third-order valence-corrected chi connectivity index (χ3v) is 3.98. The molecule has 0 aliphatic rings. The number of ether oxygens (including phenoxy) is 1. The summed E-state index contributed by atoms with van der Waals surface area (Å²) in [7, 11) is 0. The van der Waals surface area contributed by atoms with Crippen LogP contribution in [0.1, 0.15) is 39.7 Å². The van der Waals surface area contributed by atoms with Crippen molar-refractivity contribution in [3.63, 3.8) is 0 Å². The van der Waals surface area contributed by atoms with Crippen LogP contribution in [0.25, 0.3) is 10.9 Å². The van der Waals surface area contributed by atoms with E-state index in [-0.39, 0.29) is 30.1 Å². The van der Waals surface area contributed by atoms with Gasteiger partial charge < -0.3 is 25.7 Å². The smallest absolute Gasteiger partial charge is 0.407 e. The molecule has 1 aromatic heterocycles. The van der Waals surface area contributed by atoms with Gasteiger partial charge in [0.2, 0.25) is 0 Å². The number of alkyl carbamates (subject to hydrolysis) is 1. The monoisotopic (exact) mass is 515 g/mol. The molecule has 1 amide bonds. The lowest BCUT2D eigenvalue weighted by molar-refractivity contribution is 0.0527. The number of aromatic nitrogens is 1. The van der Waals surface area contributed by atoms with Crippen LogP contribution in [0.3, 0.4) is 0 Å². The summed E-state index contributed by atoms with van der Waals surface area (Å²) in [4.78, 5) is 19.5. The number of halogens is 1. The van der Waals surface area contributed by atoms with Crippen LogP contribution in [-0.2, 0) is 11.2 Å². The predicted octanol–water partition coefficient (Wildman–Crippen LogP) is 3.80. The van der Waals surface area contributed by atoms with Crippen molar-refractivity contribution in [3.05, 3.63) is 36.0 Å². The molecule has 7 nitrogen and oxygen atoms in total. The largest absolute Gasteiger partial charge is 0.444 e. The van der Waals surface area contributed by atoms with E-state index in [9.17, 15) is 4.79 Å². The van der Waals surface area contributed by atoms with Crippen LogP contribution >= 0.6 is 24.0 Å². The summed E-state index contributed by atoms with van der Waals surface area (Å²) in [5.41, 5.74) is 1.98. The highest BCUT2D eigenvalue weighted by molar-refractivity contribution is 14.0. The zero-order chi connectivity index (χ0) is 20.4. The fourth-order valence-corrected chi connectivity index (χ4v) is 2.77. The van der Waals surface area contributed by atoms with Gasteiger partial charge >= 0.3 is 6.09 Å². The Morgan fingerprint density at radius 1 is 1.14 bits per heavy atom. The molecule has 0 fully saturated rings. The van der Waals surface area contributed by atoms with E-state index in [4.69, 9.17) is 4.74 Å². The minimum Gasteiger partial charge on any atom is -0.444 e. The molecule has 0 aliphatic heterocycles. The van der Waals surface area contributed by atoms with Crippen LogP contribution in [0.2, 0.25) is 0 Å². The van der Waals surface area contributed by atoms with Crippen LogP contribution in [-0.4, -0.2) is 48.8 Å². The van der Waals surface area contributed by atoms with Gasteiger partial charge in [0, 0.05) is 43.3 Å². The zero-order valence-electron chi connectivity index (χ0n) is 17.8. The number of amides is 1. The van der Waals surface area contributed by atoms with E-state index in [1.807, 2.05) is 33.8 Å². The molecule has 0 unspecified atom stereocenters. The fraction of sp³-hybridized carbons (Fsp3) is 0.524. The Balaban J connectivity index is 0.00000420. The molecule has 2 aromatic rings. The number of benzene rings is 1. The van der Waals surface area contributed by atoms with E-state index in [1.165, 1.54) is 10.9 Å². The summed E-state index contributed by atoms with van der Waals surface area (Å²) < 4.78 is 5.21. The number of nitrogens with zero attached hydrogens (tertiary/aromatic N) is 1. The second-order valence-corrected chi connectivity index (χ2v) is 7.58. The van der Waals surface area contributed by atoms with Crippen molar-refractivity contribution in [1.29, 1.82) is 0 Å². The van der Waals surface area contributed by atoms with Crippen molar-refractivity contribution in [3.8, 4) is 0 Å². The Morgan fingerprint density at radius 3 is 2.62 bits per heavy atom. The number of H-pyrrole nitrogens is 1. The van der Waals surface area contributed by atoms with E-state index in [0.29, 0.717) is 13.1 Å². The van der Waals surface area contributed by atoms with Crippen LogP contribution in [0.5, 0.6) is 0 Å². The molecule has 2 rings (SSSR count). The number of hydrogen-bond donors (Lipinski definition) is 4. The Kier molecular flexibility index (Phi) is 10.9. The molecule has 0 atom stereocenters. The lowest BCUT2D eigenvalue weighted by Crippen LogP contribution is -2.38. The number of aromatic amines is 1. The third-order valence-electron chi connectivity index (χ3n) is 3.98. The molecule has 0 saturated carbocycles. The minimum absolute atomic E-state index is 0. The molecule has 1 aromatic carbocycles.